The Bertz CT molecular complexity index is 355. The molecule has 1 aliphatic rings. The molecule has 0 amide bonds. The number of hydrogen-bond acceptors (Lipinski definition) is 3. The normalized spacial score (nSPS) is 21.7. The van der Waals surface area contributed by atoms with Gasteiger partial charge in [-0.15, -0.1) is 11.6 Å². The van der Waals surface area contributed by atoms with E-state index in [0.29, 0.717) is 17.3 Å². The van der Waals surface area contributed by atoms with Crippen molar-refractivity contribution in [1.29, 1.82) is 0 Å². The van der Waals surface area contributed by atoms with Gasteiger partial charge in [-0.25, -0.2) is 8.42 Å². The van der Waals surface area contributed by atoms with Crippen LogP contribution in [0.4, 0.5) is 13.2 Å². The first-order valence-corrected chi connectivity index (χ1v) is 7.61. The van der Waals surface area contributed by atoms with Crippen LogP contribution in [0.15, 0.2) is 0 Å². The maximum absolute atomic E-state index is 12.3. The lowest BCUT2D eigenvalue weighted by Gasteiger charge is -2.23. The zero-order valence-electron chi connectivity index (χ0n) is 9.62. The maximum Gasteiger partial charge on any atom is 0.402 e. The predicted molar refractivity (Wildman–Crippen MR) is 61.1 cm³/mol. The molecule has 0 aromatic rings. The van der Waals surface area contributed by atoms with Gasteiger partial charge in [-0.2, -0.15) is 17.5 Å². The fourth-order valence-corrected chi connectivity index (χ4v) is 3.69. The van der Waals surface area contributed by atoms with Crippen LogP contribution in [-0.2, 0) is 14.8 Å². The van der Waals surface area contributed by atoms with Gasteiger partial charge in [0, 0.05) is 19.0 Å². The standard InChI is InChI=1S/C9H15ClF3NO3S/c10-3-4-14(7-9(11,12)13)18(15,16)6-8-2-1-5-17-8/h8H,1-7H2. The van der Waals surface area contributed by atoms with Crippen molar-refractivity contribution in [2.24, 2.45) is 0 Å². The van der Waals surface area contributed by atoms with Gasteiger partial charge < -0.3 is 4.74 Å². The van der Waals surface area contributed by atoms with Gasteiger partial charge in [-0.05, 0) is 12.8 Å². The first-order valence-electron chi connectivity index (χ1n) is 5.47. The Morgan fingerprint density at radius 2 is 2.06 bits per heavy atom. The molecule has 9 heteroatoms. The predicted octanol–water partition coefficient (Wildman–Crippen LogP) is 1.60. The molecule has 18 heavy (non-hydrogen) atoms. The summed E-state index contributed by atoms with van der Waals surface area (Å²) in [5, 5.41) is 0. The van der Waals surface area contributed by atoms with Gasteiger partial charge in [0.25, 0.3) is 0 Å². The number of rotatable bonds is 6. The summed E-state index contributed by atoms with van der Waals surface area (Å²) in [7, 11) is -4.00. The molecule has 1 heterocycles. The summed E-state index contributed by atoms with van der Waals surface area (Å²) in [5.74, 6) is -0.596. The molecule has 0 saturated carbocycles. The van der Waals surface area contributed by atoms with Gasteiger partial charge in [-0.1, -0.05) is 0 Å². The van der Waals surface area contributed by atoms with Crippen LogP contribution in [0.25, 0.3) is 0 Å². The lowest BCUT2D eigenvalue weighted by atomic mass is 10.3. The SMILES string of the molecule is O=S(=O)(CC1CCCO1)N(CCCl)CC(F)(F)F. The quantitative estimate of drug-likeness (QED) is 0.700. The number of nitrogens with zero attached hydrogens (tertiary/aromatic N) is 1. The second kappa shape index (κ2) is 6.40. The molecule has 1 fully saturated rings. The van der Waals surface area contributed by atoms with Crippen molar-refractivity contribution in [3.63, 3.8) is 0 Å². The molecule has 0 bridgehead atoms. The minimum absolute atomic E-state index is 0.180. The van der Waals surface area contributed by atoms with E-state index in [1.54, 1.807) is 0 Å². The Balaban J connectivity index is 2.69. The summed E-state index contributed by atoms with van der Waals surface area (Å²) >= 11 is 5.34. The highest BCUT2D eigenvalue weighted by Gasteiger charge is 2.37. The molecule has 0 aromatic carbocycles. The molecule has 0 aliphatic carbocycles. The van der Waals surface area contributed by atoms with Crippen molar-refractivity contribution in [2.45, 2.75) is 25.1 Å². The summed E-state index contributed by atoms with van der Waals surface area (Å²) in [5.41, 5.74) is 0. The van der Waals surface area contributed by atoms with Gasteiger partial charge in [0.1, 0.15) is 6.54 Å². The van der Waals surface area contributed by atoms with Gasteiger partial charge in [0.05, 0.1) is 11.9 Å². The van der Waals surface area contributed by atoms with Crippen molar-refractivity contribution in [2.75, 3.05) is 31.3 Å². The van der Waals surface area contributed by atoms with E-state index >= 15 is 0 Å². The van der Waals surface area contributed by atoms with Gasteiger partial charge in [0.15, 0.2) is 0 Å². The van der Waals surface area contributed by atoms with Crippen LogP contribution in [-0.4, -0.2) is 56.3 Å². The fourth-order valence-electron chi connectivity index (χ4n) is 1.73. The minimum Gasteiger partial charge on any atom is -0.377 e. The average Bonchev–Trinajstić information content (AvgIpc) is 2.67. The smallest absolute Gasteiger partial charge is 0.377 e. The van der Waals surface area contributed by atoms with Gasteiger partial charge in [-0.3, -0.25) is 0 Å². The van der Waals surface area contributed by atoms with E-state index in [-0.39, 0.29) is 12.4 Å². The lowest BCUT2D eigenvalue weighted by molar-refractivity contribution is -0.135. The zero-order valence-corrected chi connectivity index (χ0v) is 11.2. The van der Waals surface area contributed by atoms with Crippen molar-refractivity contribution in [1.82, 2.24) is 4.31 Å². The Labute approximate surface area is 109 Å². The van der Waals surface area contributed by atoms with Crippen LogP contribution >= 0.6 is 11.6 Å². The van der Waals surface area contributed by atoms with Gasteiger partial charge in [0.2, 0.25) is 10.0 Å². The van der Waals surface area contributed by atoms with Crippen LogP contribution in [0.1, 0.15) is 12.8 Å². The second-order valence-electron chi connectivity index (χ2n) is 4.05. The van der Waals surface area contributed by atoms with E-state index in [0.717, 1.165) is 6.42 Å². The first-order chi connectivity index (χ1) is 8.24. The topological polar surface area (TPSA) is 46.6 Å². The van der Waals surface area contributed by atoms with E-state index in [2.05, 4.69) is 0 Å². The average molecular weight is 310 g/mol. The Morgan fingerprint density at radius 3 is 2.50 bits per heavy atom. The van der Waals surface area contributed by atoms with E-state index in [1.165, 1.54) is 0 Å². The Kier molecular flexibility index (Phi) is 5.69. The van der Waals surface area contributed by atoms with Crippen LogP contribution in [0.2, 0.25) is 0 Å². The van der Waals surface area contributed by atoms with Gasteiger partial charge >= 0.3 is 6.18 Å². The highest BCUT2D eigenvalue weighted by atomic mass is 35.5. The van der Waals surface area contributed by atoms with Crippen molar-refractivity contribution in [3.8, 4) is 0 Å². The number of alkyl halides is 4. The second-order valence-corrected chi connectivity index (χ2v) is 6.44. The van der Waals surface area contributed by atoms with Crippen molar-refractivity contribution >= 4 is 21.6 Å². The lowest BCUT2D eigenvalue weighted by Crippen LogP contribution is -2.43. The number of ether oxygens (including phenoxy) is 1. The van der Waals surface area contributed by atoms with E-state index in [9.17, 15) is 21.6 Å². The molecule has 1 unspecified atom stereocenters. The molecular formula is C9H15ClF3NO3S. The third-order valence-corrected chi connectivity index (χ3v) is 4.56. The number of halogens is 4. The monoisotopic (exact) mass is 309 g/mol. The van der Waals surface area contributed by atoms with E-state index < -0.39 is 34.6 Å². The van der Waals surface area contributed by atoms with E-state index in [1.807, 2.05) is 0 Å². The summed E-state index contributed by atoms with van der Waals surface area (Å²) in [4.78, 5) is 0. The fraction of sp³-hybridized carbons (Fsp3) is 1.00. The van der Waals surface area contributed by atoms with Crippen molar-refractivity contribution in [3.05, 3.63) is 0 Å². The molecule has 0 radical (unpaired) electrons. The highest BCUT2D eigenvalue weighted by molar-refractivity contribution is 7.89. The van der Waals surface area contributed by atoms with Crippen LogP contribution in [0.3, 0.4) is 0 Å². The zero-order chi connectivity index (χ0) is 13.8. The van der Waals surface area contributed by atoms with Crippen molar-refractivity contribution < 1.29 is 26.3 Å². The summed E-state index contributed by atoms with van der Waals surface area (Å²) in [6.45, 7) is -1.40. The Morgan fingerprint density at radius 1 is 1.39 bits per heavy atom. The minimum atomic E-state index is -4.57. The van der Waals surface area contributed by atoms with Crippen LogP contribution in [0, 0.1) is 0 Å². The largest absolute Gasteiger partial charge is 0.402 e. The molecule has 0 N–H and O–H groups in total. The number of sulfonamides is 1. The molecule has 1 saturated heterocycles. The van der Waals surface area contributed by atoms with E-state index in [4.69, 9.17) is 16.3 Å². The summed E-state index contributed by atoms with van der Waals surface area (Å²) in [6.07, 6.45) is -3.80. The third-order valence-electron chi connectivity index (χ3n) is 2.50. The summed E-state index contributed by atoms with van der Waals surface area (Å²) < 4.78 is 66.1. The van der Waals surface area contributed by atoms with Crippen LogP contribution < -0.4 is 0 Å². The van der Waals surface area contributed by atoms with Crippen LogP contribution in [0.5, 0.6) is 0 Å². The molecule has 0 aromatic heterocycles. The molecule has 1 aliphatic heterocycles. The molecule has 1 atom stereocenters. The maximum atomic E-state index is 12.3. The number of hydrogen-bond donors (Lipinski definition) is 0. The first kappa shape index (κ1) is 16.0. The Hall–Kier alpha value is -0.0500. The molecule has 1 rings (SSSR count). The molecule has 0 spiro atoms. The highest BCUT2D eigenvalue weighted by Crippen LogP contribution is 2.21. The molecular weight excluding hydrogens is 295 g/mol. The third kappa shape index (κ3) is 5.29. The molecule has 4 nitrogen and oxygen atoms in total. The molecule has 108 valence electrons. The summed E-state index contributed by atoms with van der Waals surface area (Å²) in [6, 6.07) is 0.